The lowest BCUT2D eigenvalue weighted by molar-refractivity contribution is 0.475. The van der Waals surface area contributed by atoms with Crippen LogP contribution in [0.25, 0.3) is 0 Å². The molecule has 18 heavy (non-hydrogen) atoms. The second-order valence-electron chi connectivity index (χ2n) is 4.00. The van der Waals surface area contributed by atoms with Crippen LogP contribution in [0.2, 0.25) is 0 Å². The van der Waals surface area contributed by atoms with Gasteiger partial charge in [-0.2, -0.15) is 5.10 Å². The fourth-order valence-electron chi connectivity index (χ4n) is 1.79. The van der Waals surface area contributed by atoms with Gasteiger partial charge in [-0.15, -0.1) is 0 Å². The van der Waals surface area contributed by atoms with Crippen molar-refractivity contribution in [2.75, 3.05) is 0 Å². The summed E-state index contributed by atoms with van der Waals surface area (Å²) in [6.45, 7) is 0. The minimum Gasteiger partial charge on any atom is -0.508 e. The summed E-state index contributed by atoms with van der Waals surface area (Å²) in [4.78, 5) is 0. The molecule has 0 fully saturated rings. The Morgan fingerprint density at radius 2 is 1.72 bits per heavy atom. The van der Waals surface area contributed by atoms with Crippen molar-refractivity contribution in [3.8, 4) is 5.75 Å². The van der Waals surface area contributed by atoms with E-state index < -0.39 is 0 Å². The van der Waals surface area contributed by atoms with Gasteiger partial charge in [-0.25, -0.2) is 0 Å². The molecule has 1 aliphatic rings. The number of thioether (sulfide) groups is 1. The summed E-state index contributed by atoms with van der Waals surface area (Å²) < 4.78 is 0. The molecule has 3 rings (SSSR count). The molecule has 90 valence electrons. The summed E-state index contributed by atoms with van der Waals surface area (Å²) in [5, 5.41) is 14.7. The molecule has 3 nitrogen and oxygen atoms in total. The van der Waals surface area contributed by atoms with Crippen molar-refractivity contribution in [3.05, 3.63) is 65.7 Å². The minimum atomic E-state index is 0.162. The molecule has 1 unspecified atom stereocenters. The summed E-state index contributed by atoms with van der Waals surface area (Å²) in [6.07, 6.45) is 0. The van der Waals surface area contributed by atoms with Gasteiger partial charge in [0, 0.05) is 5.56 Å². The molecule has 1 atom stereocenters. The number of nitrogens with one attached hydrogen (secondary N) is 1. The zero-order valence-corrected chi connectivity index (χ0v) is 10.4. The van der Waals surface area contributed by atoms with Gasteiger partial charge in [0.1, 0.15) is 16.2 Å². The van der Waals surface area contributed by atoms with Gasteiger partial charge in [0.05, 0.1) is 0 Å². The van der Waals surface area contributed by atoms with Gasteiger partial charge in [0.15, 0.2) is 0 Å². The van der Waals surface area contributed by atoms with Gasteiger partial charge in [0.25, 0.3) is 0 Å². The van der Waals surface area contributed by atoms with Crippen LogP contribution in [0.5, 0.6) is 5.75 Å². The lowest BCUT2D eigenvalue weighted by atomic mass is 10.2. The summed E-state index contributed by atoms with van der Waals surface area (Å²) in [6, 6.07) is 17.3. The fourth-order valence-corrected chi connectivity index (χ4v) is 2.79. The molecule has 1 heterocycles. The van der Waals surface area contributed by atoms with Crippen molar-refractivity contribution < 1.29 is 5.11 Å². The SMILES string of the molecule is Oc1ccc(C2=NNC(c3ccccc3)S2)cc1. The number of hydrogen-bond donors (Lipinski definition) is 2. The Morgan fingerprint density at radius 1 is 1.00 bits per heavy atom. The lowest BCUT2D eigenvalue weighted by Gasteiger charge is -2.08. The molecule has 2 aromatic rings. The van der Waals surface area contributed by atoms with Crippen molar-refractivity contribution in [1.82, 2.24) is 5.43 Å². The number of aromatic hydroxyl groups is 1. The van der Waals surface area contributed by atoms with Crippen LogP contribution in [-0.4, -0.2) is 10.2 Å². The molecule has 0 aromatic heterocycles. The predicted octanol–water partition coefficient (Wildman–Crippen LogP) is 3.09. The largest absolute Gasteiger partial charge is 0.508 e. The molecule has 0 saturated carbocycles. The molecular weight excluding hydrogens is 244 g/mol. The molecule has 0 saturated heterocycles. The van der Waals surface area contributed by atoms with Crippen LogP contribution in [0.1, 0.15) is 16.5 Å². The standard InChI is InChI=1S/C14H12N2OS/c17-12-8-6-11(7-9-12)14-16-15-13(18-14)10-4-2-1-3-5-10/h1-9,13,15,17H. The van der Waals surface area contributed by atoms with Crippen molar-refractivity contribution in [3.63, 3.8) is 0 Å². The van der Waals surface area contributed by atoms with E-state index in [1.54, 1.807) is 23.9 Å². The van der Waals surface area contributed by atoms with Crippen molar-refractivity contribution >= 4 is 16.8 Å². The maximum absolute atomic E-state index is 9.27. The third-order valence-corrected chi connectivity index (χ3v) is 3.89. The average Bonchev–Trinajstić information content (AvgIpc) is 2.90. The number of phenolic OH excluding ortho intramolecular Hbond substituents is 1. The van der Waals surface area contributed by atoms with Crippen LogP contribution in [0.15, 0.2) is 59.7 Å². The van der Waals surface area contributed by atoms with Crippen LogP contribution in [0.4, 0.5) is 0 Å². The Labute approximate surface area is 110 Å². The first-order valence-corrected chi connectivity index (χ1v) is 6.55. The zero-order chi connectivity index (χ0) is 12.4. The van der Waals surface area contributed by atoms with Crippen LogP contribution in [0, 0.1) is 0 Å². The monoisotopic (exact) mass is 256 g/mol. The third kappa shape index (κ3) is 2.19. The Hall–Kier alpha value is -1.94. The molecule has 0 spiro atoms. The molecule has 1 aliphatic heterocycles. The third-order valence-electron chi connectivity index (χ3n) is 2.73. The van der Waals surface area contributed by atoms with Crippen molar-refractivity contribution in [2.45, 2.75) is 5.37 Å². The zero-order valence-electron chi connectivity index (χ0n) is 9.58. The molecular formula is C14H12N2OS. The van der Waals surface area contributed by atoms with Crippen LogP contribution in [-0.2, 0) is 0 Å². The summed E-state index contributed by atoms with van der Waals surface area (Å²) in [5.41, 5.74) is 5.35. The molecule has 2 N–H and O–H groups in total. The van der Waals surface area contributed by atoms with Gasteiger partial charge >= 0.3 is 0 Å². The van der Waals surface area contributed by atoms with E-state index in [1.807, 2.05) is 30.3 Å². The number of phenols is 1. The van der Waals surface area contributed by atoms with Crippen molar-refractivity contribution in [1.29, 1.82) is 0 Å². The average molecular weight is 256 g/mol. The van der Waals surface area contributed by atoms with Crippen LogP contribution < -0.4 is 5.43 Å². The van der Waals surface area contributed by atoms with Crippen molar-refractivity contribution in [2.24, 2.45) is 5.10 Å². The molecule has 0 radical (unpaired) electrons. The second kappa shape index (κ2) is 4.74. The number of hydrazone groups is 1. The Kier molecular flexibility index (Phi) is 2.94. The predicted molar refractivity (Wildman–Crippen MR) is 74.6 cm³/mol. The molecule has 2 aromatic carbocycles. The second-order valence-corrected chi connectivity index (χ2v) is 5.10. The maximum atomic E-state index is 9.27. The number of benzene rings is 2. The fraction of sp³-hybridized carbons (Fsp3) is 0.0714. The minimum absolute atomic E-state index is 0.162. The number of rotatable bonds is 2. The first kappa shape index (κ1) is 11.2. The molecule has 0 bridgehead atoms. The first-order valence-electron chi connectivity index (χ1n) is 5.67. The van der Waals surface area contributed by atoms with Crippen LogP contribution in [0.3, 0.4) is 0 Å². The molecule has 4 heteroatoms. The quantitative estimate of drug-likeness (QED) is 0.868. The highest BCUT2D eigenvalue weighted by atomic mass is 32.2. The van der Waals surface area contributed by atoms with Gasteiger partial charge in [-0.1, -0.05) is 42.1 Å². The van der Waals surface area contributed by atoms with E-state index in [0.717, 1.165) is 10.6 Å². The van der Waals surface area contributed by atoms with Gasteiger partial charge < -0.3 is 5.11 Å². The van der Waals surface area contributed by atoms with Gasteiger partial charge in [-0.05, 0) is 29.8 Å². The topological polar surface area (TPSA) is 44.6 Å². The van der Waals surface area contributed by atoms with Gasteiger partial charge in [-0.3, -0.25) is 5.43 Å². The lowest BCUT2D eigenvalue weighted by Crippen LogP contribution is -2.05. The van der Waals surface area contributed by atoms with E-state index in [0.29, 0.717) is 0 Å². The van der Waals surface area contributed by atoms with E-state index >= 15 is 0 Å². The highest BCUT2D eigenvalue weighted by molar-refractivity contribution is 8.14. The maximum Gasteiger partial charge on any atom is 0.126 e. The Balaban J connectivity index is 1.77. The smallest absolute Gasteiger partial charge is 0.126 e. The summed E-state index contributed by atoms with van der Waals surface area (Å²) in [5.74, 6) is 0.273. The van der Waals surface area contributed by atoms with E-state index in [2.05, 4.69) is 22.7 Å². The van der Waals surface area contributed by atoms with E-state index in [4.69, 9.17) is 0 Å². The Morgan fingerprint density at radius 3 is 2.44 bits per heavy atom. The normalized spacial score (nSPS) is 18.2. The number of nitrogens with zero attached hydrogens (tertiary/aromatic N) is 1. The molecule has 0 amide bonds. The van der Waals surface area contributed by atoms with Crippen LogP contribution >= 0.6 is 11.8 Å². The number of hydrogen-bond acceptors (Lipinski definition) is 4. The first-order chi connectivity index (χ1) is 8.83. The summed E-state index contributed by atoms with van der Waals surface area (Å²) >= 11 is 1.68. The molecule has 0 aliphatic carbocycles. The van der Waals surface area contributed by atoms with E-state index in [1.165, 1.54) is 5.56 Å². The highest BCUT2D eigenvalue weighted by Gasteiger charge is 2.21. The van der Waals surface area contributed by atoms with Gasteiger partial charge in [0.2, 0.25) is 0 Å². The highest BCUT2D eigenvalue weighted by Crippen LogP contribution is 2.34. The summed E-state index contributed by atoms with van der Waals surface area (Å²) in [7, 11) is 0. The van der Waals surface area contributed by atoms with E-state index in [-0.39, 0.29) is 11.1 Å². The van der Waals surface area contributed by atoms with E-state index in [9.17, 15) is 5.11 Å². The Bertz CT molecular complexity index is 566.